The van der Waals surface area contributed by atoms with Crippen molar-refractivity contribution >= 4 is 13.6 Å². The van der Waals surface area contributed by atoms with Gasteiger partial charge in [-0.15, -0.1) is 0 Å². The average molecular weight is 284 g/mol. The molecule has 0 aliphatic carbocycles. The van der Waals surface area contributed by atoms with Crippen LogP contribution < -0.4 is 0 Å². The third-order valence-corrected chi connectivity index (χ3v) is 4.44. The quantitative estimate of drug-likeness (QED) is 0.511. The van der Waals surface area contributed by atoms with Crippen molar-refractivity contribution in [1.82, 2.24) is 4.90 Å². The molecule has 19 heavy (non-hydrogen) atoms. The summed E-state index contributed by atoms with van der Waals surface area (Å²) >= 11 is 0. The van der Waals surface area contributed by atoms with Gasteiger partial charge in [-0.3, -0.25) is 4.90 Å². The van der Waals surface area contributed by atoms with E-state index in [1.807, 2.05) is 19.2 Å². The first-order chi connectivity index (χ1) is 9.02. The lowest BCUT2D eigenvalue weighted by molar-refractivity contribution is -0.117. The van der Waals surface area contributed by atoms with E-state index >= 15 is 0 Å². The third kappa shape index (κ3) is 5.66. The summed E-state index contributed by atoms with van der Waals surface area (Å²) in [6.45, 7) is 4.22. The van der Waals surface area contributed by atoms with Gasteiger partial charge in [0.05, 0.1) is 6.26 Å². The first-order valence-electron chi connectivity index (χ1n) is 6.65. The second kappa shape index (κ2) is 8.23. The number of Topliss-reactive ketones (excluding diaryl/α,β-unsaturated/α-hetero) is 1. The molecule has 0 aliphatic rings. The number of hydrogen-bond donors (Lipinski definition) is 0. The van der Waals surface area contributed by atoms with E-state index in [9.17, 15) is 9.36 Å². The Labute approximate surface area is 116 Å². The number of furan rings is 1. The zero-order chi connectivity index (χ0) is 14.3. The molecule has 5 heteroatoms. The van der Waals surface area contributed by atoms with E-state index in [1.54, 1.807) is 19.9 Å². The van der Waals surface area contributed by atoms with Gasteiger partial charge in [-0.25, -0.2) is 0 Å². The van der Waals surface area contributed by atoms with Crippen LogP contribution in [-0.2, 0) is 9.36 Å². The van der Waals surface area contributed by atoms with Gasteiger partial charge in [0.25, 0.3) is 5.78 Å². The highest BCUT2D eigenvalue weighted by Crippen LogP contribution is 2.40. The number of ketones is 1. The number of nitrogens with zero attached hydrogens (tertiary/aromatic N) is 1. The molecule has 0 aliphatic heterocycles. The molecule has 0 saturated carbocycles. The Balaban J connectivity index is 2.39. The molecule has 1 aromatic heterocycles. The fourth-order valence-electron chi connectivity index (χ4n) is 2.15. The van der Waals surface area contributed by atoms with Gasteiger partial charge in [0, 0.05) is 13.0 Å². The smallest absolute Gasteiger partial charge is 0.362 e. The summed E-state index contributed by atoms with van der Waals surface area (Å²) in [4.78, 5) is 12.9. The van der Waals surface area contributed by atoms with Gasteiger partial charge in [-0.2, -0.15) is 0 Å². The summed E-state index contributed by atoms with van der Waals surface area (Å²) in [5, 5.41) is 0. The molecule has 2 atom stereocenters. The summed E-state index contributed by atoms with van der Waals surface area (Å²) in [7, 11) is 0.607. The first kappa shape index (κ1) is 16.1. The van der Waals surface area contributed by atoms with E-state index in [-0.39, 0.29) is 11.6 Å². The highest BCUT2D eigenvalue weighted by Gasteiger charge is 2.33. The molecule has 0 radical (unpaired) electrons. The summed E-state index contributed by atoms with van der Waals surface area (Å²) in [6, 6.07) is 3.69. The molecule has 106 valence electrons. The fraction of sp³-hybridized carbons (Fsp3) is 0.643. The van der Waals surface area contributed by atoms with E-state index in [0.29, 0.717) is 6.42 Å². The van der Waals surface area contributed by atoms with Crippen LogP contribution in [0.2, 0.25) is 0 Å². The van der Waals surface area contributed by atoms with Crippen LogP contribution in [0.1, 0.15) is 44.2 Å². The molecule has 0 amide bonds. The zero-order valence-corrected chi connectivity index (χ0v) is 12.9. The van der Waals surface area contributed by atoms with Crippen LogP contribution >= 0.6 is 7.80 Å². The minimum absolute atomic E-state index is 0.155. The lowest BCUT2D eigenvalue weighted by Crippen LogP contribution is -2.23. The molecule has 0 N–H and O–H groups in total. The lowest BCUT2D eigenvalue weighted by atomic mass is 10.1. The topological polar surface area (TPSA) is 50.5 Å². The van der Waals surface area contributed by atoms with Crippen molar-refractivity contribution in [3.05, 3.63) is 24.2 Å². The van der Waals surface area contributed by atoms with Crippen LogP contribution in [-0.4, -0.2) is 30.9 Å². The standard InChI is InChI=1S/C14H23NO3P/c1-12(16)8-5-4-6-10-15(2)14(19(3)17)13-9-7-11-18-13/h7,9,11,14H,4-6,8,10H2,1-3H3/q+1. The van der Waals surface area contributed by atoms with E-state index in [0.717, 1.165) is 31.6 Å². The molecule has 0 fully saturated rings. The highest BCUT2D eigenvalue weighted by atomic mass is 31.1. The second-order valence-electron chi connectivity index (χ2n) is 4.93. The number of hydrogen-bond acceptors (Lipinski definition) is 4. The Morgan fingerprint density at radius 2 is 2.16 bits per heavy atom. The van der Waals surface area contributed by atoms with Gasteiger partial charge < -0.3 is 9.21 Å². The van der Waals surface area contributed by atoms with Crippen molar-refractivity contribution in [2.75, 3.05) is 20.3 Å². The van der Waals surface area contributed by atoms with Gasteiger partial charge in [-0.1, -0.05) is 11.0 Å². The summed E-state index contributed by atoms with van der Waals surface area (Å²) in [5.41, 5.74) is 0. The Kier molecular flexibility index (Phi) is 6.96. The Morgan fingerprint density at radius 3 is 2.68 bits per heavy atom. The summed E-state index contributed by atoms with van der Waals surface area (Å²) in [6.07, 6.45) is 5.24. The van der Waals surface area contributed by atoms with Crippen LogP contribution in [0.25, 0.3) is 0 Å². The van der Waals surface area contributed by atoms with Crippen molar-refractivity contribution in [3.63, 3.8) is 0 Å². The monoisotopic (exact) mass is 284 g/mol. The lowest BCUT2D eigenvalue weighted by Gasteiger charge is -2.18. The fourth-order valence-corrected chi connectivity index (χ4v) is 3.32. The molecule has 1 heterocycles. The highest BCUT2D eigenvalue weighted by molar-refractivity contribution is 7.44. The molecule has 2 unspecified atom stereocenters. The zero-order valence-electron chi connectivity index (χ0n) is 12.0. The Morgan fingerprint density at radius 1 is 1.42 bits per heavy atom. The normalized spacial score (nSPS) is 13.6. The first-order valence-corrected chi connectivity index (χ1v) is 8.43. The maximum Gasteiger partial charge on any atom is 0.362 e. The molecule has 0 aromatic carbocycles. The van der Waals surface area contributed by atoms with Crippen molar-refractivity contribution in [1.29, 1.82) is 0 Å². The average Bonchev–Trinajstić information content (AvgIpc) is 2.81. The number of carbonyl (C=O) groups is 1. The van der Waals surface area contributed by atoms with E-state index in [2.05, 4.69) is 4.90 Å². The number of carbonyl (C=O) groups excluding carboxylic acids is 1. The van der Waals surface area contributed by atoms with E-state index in [1.165, 1.54) is 0 Å². The number of rotatable bonds is 9. The van der Waals surface area contributed by atoms with Crippen LogP contribution in [0.4, 0.5) is 0 Å². The predicted octanol–water partition coefficient (Wildman–Crippen LogP) is 3.82. The Bertz CT molecular complexity index is 403. The van der Waals surface area contributed by atoms with Crippen LogP contribution in [0.15, 0.2) is 22.8 Å². The molecular formula is C14H23NO3P+. The predicted molar refractivity (Wildman–Crippen MR) is 76.8 cm³/mol. The van der Waals surface area contributed by atoms with Gasteiger partial charge in [0.2, 0.25) is 0 Å². The number of unbranched alkanes of at least 4 members (excludes halogenated alkanes) is 2. The van der Waals surface area contributed by atoms with Crippen LogP contribution in [0.3, 0.4) is 0 Å². The Hall–Kier alpha value is -0.990. The van der Waals surface area contributed by atoms with E-state index in [4.69, 9.17) is 4.42 Å². The molecular weight excluding hydrogens is 261 g/mol. The largest absolute Gasteiger partial charge is 0.463 e. The third-order valence-electron chi connectivity index (χ3n) is 3.10. The maximum absolute atomic E-state index is 11.9. The van der Waals surface area contributed by atoms with Crippen molar-refractivity contribution < 1.29 is 13.8 Å². The van der Waals surface area contributed by atoms with Crippen LogP contribution in [0.5, 0.6) is 0 Å². The van der Waals surface area contributed by atoms with Crippen molar-refractivity contribution in [3.8, 4) is 0 Å². The van der Waals surface area contributed by atoms with E-state index < -0.39 is 7.80 Å². The molecule has 0 spiro atoms. The van der Waals surface area contributed by atoms with Crippen molar-refractivity contribution in [2.45, 2.75) is 38.4 Å². The SMILES string of the molecule is CC(=O)CCCCCN(C)C(c1ccco1)[P+](C)=O. The maximum atomic E-state index is 11.9. The molecule has 0 bridgehead atoms. The summed E-state index contributed by atoms with van der Waals surface area (Å²) in [5.74, 6) is 0.853. The van der Waals surface area contributed by atoms with Gasteiger partial charge in [0.15, 0.2) is 5.76 Å². The van der Waals surface area contributed by atoms with Gasteiger partial charge >= 0.3 is 7.80 Å². The van der Waals surface area contributed by atoms with Gasteiger partial charge in [0.1, 0.15) is 12.4 Å². The minimum Gasteiger partial charge on any atom is -0.463 e. The van der Waals surface area contributed by atoms with Gasteiger partial charge in [-0.05, 0) is 38.9 Å². The molecule has 1 aromatic rings. The molecule has 0 saturated heterocycles. The molecule has 1 rings (SSSR count). The summed E-state index contributed by atoms with van der Waals surface area (Å²) < 4.78 is 17.2. The van der Waals surface area contributed by atoms with Crippen LogP contribution in [0, 0.1) is 0 Å². The van der Waals surface area contributed by atoms with Crippen molar-refractivity contribution in [2.24, 2.45) is 0 Å². The minimum atomic E-state index is -1.36. The second-order valence-corrected chi connectivity index (χ2v) is 6.51. The molecule has 4 nitrogen and oxygen atoms in total.